The monoisotopic (exact) mass is 196 g/mol. The highest BCUT2D eigenvalue weighted by molar-refractivity contribution is 7.00. The summed E-state index contributed by atoms with van der Waals surface area (Å²) in [5.74, 6) is -0.199. The van der Waals surface area contributed by atoms with E-state index in [0.717, 1.165) is 11.7 Å². The maximum Gasteiger partial charge on any atom is 0.163 e. The van der Waals surface area contributed by atoms with Gasteiger partial charge in [0.2, 0.25) is 0 Å². The molecule has 1 aromatic carbocycles. The molecule has 0 spiro atoms. The second-order valence-corrected chi connectivity index (χ2v) is 3.44. The molecule has 0 aliphatic rings. The molecular weight excluding hydrogens is 188 g/mol. The quantitative estimate of drug-likeness (QED) is 0.629. The highest BCUT2D eigenvalue weighted by Gasteiger charge is 2.15. The van der Waals surface area contributed by atoms with Crippen LogP contribution in [0.25, 0.3) is 11.0 Å². The fraction of sp³-hybridized carbons (Fsp3) is 0.250. The molecule has 2 rings (SSSR count). The predicted octanol–water partition coefficient (Wildman–Crippen LogP) is 1.72. The first-order valence-corrected chi connectivity index (χ1v) is 4.49. The number of aryl methyl sites for hydroxylation is 2. The number of hydrogen-bond acceptors (Lipinski definition) is 5. The fourth-order valence-electron chi connectivity index (χ4n) is 1.26. The van der Waals surface area contributed by atoms with E-state index in [9.17, 15) is 10.2 Å². The van der Waals surface area contributed by atoms with E-state index in [4.69, 9.17) is 0 Å². The van der Waals surface area contributed by atoms with Gasteiger partial charge in [-0.15, -0.1) is 0 Å². The molecule has 0 radical (unpaired) electrons. The second-order valence-electron chi connectivity index (χ2n) is 2.91. The van der Waals surface area contributed by atoms with E-state index in [-0.39, 0.29) is 11.5 Å². The summed E-state index contributed by atoms with van der Waals surface area (Å²) in [4.78, 5) is 0. The zero-order valence-electron chi connectivity index (χ0n) is 7.20. The number of hydrogen-bond donors (Lipinski definition) is 2. The third-order valence-electron chi connectivity index (χ3n) is 2.13. The van der Waals surface area contributed by atoms with Gasteiger partial charge in [0.25, 0.3) is 0 Å². The van der Waals surface area contributed by atoms with E-state index in [1.165, 1.54) is 0 Å². The maximum absolute atomic E-state index is 9.49. The zero-order chi connectivity index (χ0) is 9.59. The summed E-state index contributed by atoms with van der Waals surface area (Å²) in [5, 5.41) is 19.0. The van der Waals surface area contributed by atoms with E-state index in [0.29, 0.717) is 22.2 Å². The van der Waals surface area contributed by atoms with Crippen molar-refractivity contribution in [1.82, 2.24) is 8.75 Å². The number of nitrogens with zero attached hydrogens (tertiary/aromatic N) is 2. The third-order valence-corrected chi connectivity index (χ3v) is 2.66. The Bertz CT molecular complexity index is 436. The van der Waals surface area contributed by atoms with Crippen LogP contribution in [0, 0.1) is 13.8 Å². The number of aromatic hydroxyl groups is 2. The highest BCUT2D eigenvalue weighted by atomic mass is 32.1. The molecule has 4 nitrogen and oxygen atoms in total. The standard InChI is InChI=1S/C8H8N2O2S/c1-3-5-6(10-13-9-5)4(2)8(12)7(3)11/h11-12H,1-2H3. The van der Waals surface area contributed by atoms with E-state index in [2.05, 4.69) is 8.75 Å². The SMILES string of the molecule is Cc1c(O)c(O)c(C)c2nsnc12. The molecule has 1 aromatic heterocycles. The lowest BCUT2D eigenvalue weighted by Gasteiger charge is -2.04. The van der Waals surface area contributed by atoms with Crippen molar-refractivity contribution in [1.29, 1.82) is 0 Å². The summed E-state index contributed by atoms with van der Waals surface area (Å²) in [5.41, 5.74) is 2.48. The minimum atomic E-state index is -0.0994. The van der Waals surface area contributed by atoms with Crippen molar-refractivity contribution < 1.29 is 10.2 Å². The van der Waals surface area contributed by atoms with E-state index >= 15 is 0 Å². The lowest BCUT2D eigenvalue weighted by molar-refractivity contribution is 0.400. The van der Waals surface area contributed by atoms with Crippen LogP contribution in [0.5, 0.6) is 11.5 Å². The van der Waals surface area contributed by atoms with Gasteiger partial charge in [-0.3, -0.25) is 0 Å². The Morgan fingerprint density at radius 2 is 1.31 bits per heavy atom. The van der Waals surface area contributed by atoms with Crippen LogP contribution in [0.1, 0.15) is 11.1 Å². The van der Waals surface area contributed by atoms with Gasteiger partial charge in [0.1, 0.15) is 11.0 Å². The molecule has 0 saturated heterocycles. The van der Waals surface area contributed by atoms with Crippen molar-refractivity contribution in [2.24, 2.45) is 0 Å². The number of aromatic nitrogens is 2. The molecule has 2 aromatic rings. The summed E-state index contributed by atoms with van der Waals surface area (Å²) in [6.45, 7) is 3.41. The smallest absolute Gasteiger partial charge is 0.163 e. The normalized spacial score (nSPS) is 10.9. The molecule has 0 fully saturated rings. The predicted molar refractivity (Wildman–Crippen MR) is 50.2 cm³/mol. The zero-order valence-corrected chi connectivity index (χ0v) is 8.01. The molecular formula is C8H8N2O2S. The minimum absolute atomic E-state index is 0.0994. The lowest BCUT2D eigenvalue weighted by atomic mass is 10.1. The Balaban J connectivity index is 3.02. The fourth-order valence-corrected chi connectivity index (χ4v) is 1.91. The van der Waals surface area contributed by atoms with Crippen molar-refractivity contribution in [3.63, 3.8) is 0 Å². The van der Waals surface area contributed by atoms with Crippen LogP contribution in [0.4, 0.5) is 0 Å². The summed E-state index contributed by atoms with van der Waals surface area (Å²) in [7, 11) is 0. The summed E-state index contributed by atoms with van der Waals surface area (Å²) in [6.07, 6.45) is 0. The molecule has 13 heavy (non-hydrogen) atoms. The highest BCUT2D eigenvalue weighted by Crippen LogP contribution is 2.37. The average Bonchev–Trinajstić information content (AvgIpc) is 2.59. The average molecular weight is 196 g/mol. The molecule has 0 amide bonds. The van der Waals surface area contributed by atoms with E-state index < -0.39 is 0 Å². The van der Waals surface area contributed by atoms with Crippen LogP contribution in [0.3, 0.4) is 0 Å². The first-order valence-electron chi connectivity index (χ1n) is 3.76. The van der Waals surface area contributed by atoms with Crippen LogP contribution in [0.2, 0.25) is 0 Å². The molecule has 1 heterocycles. The Hall–Kier alpha value is -1.36. The molecule has 0 unspecified atom stereocenters. The van der Waals surface area contributed by atoms with Gasteiger partial charge in [-0.2, -0.15) is 8.75 Å². The minimum Gasteiger partial charge on any atom is -0.504 e. The van der Waals surface area contributed by atoms with E-state index in [1.807, 2.05) is 0 Å². The van der Waals surface area contributed by atoms with Gasteiger partial charge in [0.15, 0.2) is 11.5 Å². The first-order chi connectivity index (χ1) is 6.13. The summed E-state index contributed by atoms with van der Waals surface area (Å²) in [6, 6.07) is 0. The molecule has 5 heteroatoms. The van der Waals surface area contributed by atoms with Gasteiger partial charge in [-0.1, -0.05) is 0 Å². The topological polar surface area (TPSA) is 66.2 Å². The third kappa shape index (κ3) is 0.968. The molecule has 2 N–H and O–H groups in total. The lowest BCUT2D eigenvalue weighted by Crippen LogP contribution is -1.85. The van der Waals surface area contributed by atoms with Gasteiger partial charge in [-0.05, 0) is 13.8 Å². The van der Waals surface area contributed by atoms with Crippen LogP contribution in [-0.2, 0) is 0 Å². The molecule has 0 aliphatic heterocycles. The maximum atomic E-state index is 9.49. The van der Waals surface area contributed by atoms with Crippen molar-refractivity contribution in [3.8, 4) is 11.5 Å². The Morgan fingerprint density at radius 1 is 0.923 bits per heavy atom. The van der Waals surface area contributed by atoms with Crippen molar-refractivity contribution >= 4 is 22.8 Å². The van der Waals surface area contributed by atoms with Crippen LogP contribution in [-0.4, -0.2) is 19.0 Å². The largest absolute Gasteiger partial charge is 0.504 e. The van der Waals surface area contributed by atoms with Crippen molar-refractivity contribution in [3.05, 3.63) is 11.1 Å². The van der Waals surface area contributed by atoms with Gasteiger partial charge in [-0.25, -0.2) is 0 Å². The van der Waals surface area contributed by atoms with Crippen LogP contribution >= 0.6 is 11.7 Å². The number of rotatable bonds is 0. The van der Waals surface area contributed by atoms with Gasteiger partial charge >= 0.3 is 0 Å². The van der Waals surface area contributed by atoms with Gasteiger partial charge < -0.3 is 10.2 Å². The van der Waals surface area contributed by atoms with Gasteiger partial charge in [0.05, 0.1) is 11.7 Å². The first kappa shape index (κ1) is 8.25. The molecule has 68 valence electrons. The van der Waals surface area contributed by atoms with Crippen molar-refractivity contribution in [2.75, 3.05) is 0 Å². The summed E-state index contributed by atoms with van der Waals surface area (Å²) < 4.78 is 8.08. The number of benzene rings is 1. The Morgan fingerprint density at radius 3 is 1.69 bits per heavy atom. The van der Waals surface area contributed by atoms with Crippen LogP contribution in [0.15, 0.2) is 0 Å². The second kappa shape index (κ2) is 2.56. The number of phenolic OH excluding ortho intramolecular Hbond substituents is 2. The molecule has 0 atom stereocenters. The molecule has 0 aliphatic carbocycles. The van der Waals surface area contributed by atoms with Gasteiger partial charge in [0, 0.05) is 11.1 Å². The number of fused-ring (bicyclic) bond motifs is 1. The molecule has 0 saturated carbocycles. The Kier molecular flexibility index (Phi) is 1.63. The van der Waals surface area contributed by atoms with Crippen LogP contribution < -0.4 is 0 Å². The summed E-state index contributed by atoms with van der Waals surface area (Å²) >= 11 is 1.08. The Labute approximate surface area is 78.8 Å². The van der Waals surface area contributed by atoms with E-state index in [1.54, 1.807) is 13.8 Å². The molecule has 0 bridgehead atoms. The van der Waals surface area contributed by atoms with Crippen molar-refractivity contribution in [2.45, 2.75) is 13.8 Å². The number of phenols is 2.